The van der Waals surface area contributed by atoms with Crippen molar-refractivity contribution in [2.24, 2.45) is 0 Å². The fourth-order valence-corrected chi connectivity index (χ4v) is 3.35. The standard InChI is InChI=1S/C18H18O3.C10H12O2.C8H8O2.CH4.Na.H2O/c1-2-13-21-17-10-3-14(4-11-17)5-12-18(20)15-6-8-16(19)9-7-15;1-2-7-12-10-5-3-9(8-11)4-6-10;1-6(9)7-2-4-8(10)5-3-7;;;/h3-12,19H,2,13H2,1H3;3-6,8H,2,7H2,1H3;2-5,10H,1H3;1H4;;1H2/q;;;;+1;/p-1. The third kappa shape index (κ3) is 17.3. The molecular formula is C37H43NaO8. The molecule has 0 aliphatic heterocycles. The molecule has 3 N–H and O–H groups in total. The van der Waals surface area contributed by atoms with Crippen LogP contribution in [0.25, 0.3) is 6.08 Å². The van der Waals surface area contributed by atoms with Gasteiger partial charge in [0, 0.05) is 16.7 Å². The molecule has 240 valence electrons. The van der Waals surface area contributed by atoms with E-state index in [-0.39, 0.29) is 65.5 Å². The second-order valence-corrected chi connectivity index (χ2v) is 9.30. The Bertz CT molecular complexity index is 1430. The number of allylic oxidation sites excluding steroid dienone is 1. The quantitative estimate of drug-likeness (QED) is 0.0961. The molecule has 0 aliphatic carbocycles. The Morgan fingerprint density at radius 3 is 1.41 bits per heavy atom. The van der Waals surface area contributed by atoms with E-state index in [9.17, 15) is 19.5 Å². The minimum Gasteiger partial charge on any atom is -0.870 e. The number of Topliss-reactive ketones (excluding diaryl/α,β-unsaturated/α-hetero) is 1. The molecule has 0 unspecified atom stereocenters. The number of aldehydes is 1. The van der Waals surface area contributed by atoms with E-state index < -0.39 is 0 Å². The zero-order valence-electron chi connectivity index (χ0n) is 26.2. The number of carbonyl (C=O) groups is 3. The van der Waals surface area contributed by atoms with Gasteiger partial charge in [0.15, 0.2) is 11.6 Å². The zero-order valence-corrected chi connectivity index (χ0v) is 28.2. The van der Waals surface area contributed by atoms with Gasteiger partial charge >= 0.3 is 29.6 Å². The van der Waals surface area contributed by atoms with Crippen molar-refractivity contribution < 1.29 is 69.1 Å². The Hall–Kier alpha value is -4.21. The van der Waals surface area contributed by atoms with E-state index in [0.29, 0.717) is 23.3 Å². The minimum atomic E-state index is -0.0960. The number of benzene rings is 4. The zero-order chi connectivity index (χ0) is 31.5. The average Bonchev–Trinajstić information content (AvgIpc) is 3.03. The molecule has 4 rings (SSSR count). The first-order chi connectivity index (χ1) is 20.7. The molecule has 8 nitrogen and oxygen atoms in total. The summed E-state index contributed by atoms with van der Waals surface area (Å²) < 4.78 is 10.8. The fourth-order valence-electron chi connectivity index (χ4n) is 3.35. The molecule has 0 atom stereocenters. The number of ketones is 2. The molecule has 0 amide bonds. The van der Waals surface area contributed by atoms with E-state index in [1.807, 2.05) is 24.3 Å². The average molecular weight is 639 g/mol. The predicted octanol–water partition coefficient (Wildman–Crippen LogP) is 5.42. The molecule has 9 heteroatoms. The maximum absolute atomic E-state index is 11.9. The Balaban J connectivity index is 0. The van der Waals surface area contributed by atoms with Crippen LogP contribution in [-0.2, 0) is 0 Å². The van der Waals surface area contributed by atoms with Crippen LogP contribution in [0.3, 0.4) is 0 Å². The summed E-state index contributed by atoms with van der Waals surface area (Å²) in [4.78, 5) is 32.9. The van der Waals surface area contributed by atoms with Crippen molar-refractivity contribution in [3.8, 4) is 23.0 Å². The molecule has 0 saturated heterocycles. The van der Waals surface area contributed by atoms with Crippen LogP contribution in [0.5, 0.6) is 23.0 Å². The van der Waals surface area contributed by atoms with Crippen molar-refractivity contribution in [2.75, 3.05) is 13.2 Å². The molecule has 0 fully saturated rings. The number of phenolic OH excluding ortho intramolecular Hbond substituents is 2. The molecule has 0 spiro atoms. The molecule has 4 aromatic rings. The first-order valence-corrected chi connectivity index (χ1v) is 14.0. The largest absolute Gasteiger partial charge is 1.00 e. The van der Waals surface area contributed by atoms with Crippen molar-refractivity contribution in [1.82, 2.24) is 0 Å². The van der Waals surface area contributed by atoms with Gasteiger partial charge in [-0.15, -0.1) is 0 Å². The number of ether oxygens (including phenoxy) is 2. The second-order valence-electron chi connectivity index (χ2n) is 9.30. The summed E-state index contributed by atoms with van der Waals surface area (Å²) in [5.41, 5.74) is 2.79. The topological polar surface area (TPSA) is 140 Å². The van der Waals surface area contributed by atoms with Gasteiger partial charge in [-0.25, -0.2) is 0 Å². The van der Waals surface area contributed by atoms with Gasteiger partial charge in [-0.3, -0.25) is 14.4 Å². The predicted molar refractivity (Wildman–Crippen MR) is 178 cm³/mol. The van der Waals surface area contributed by atoms with Crippen molar-refractivity contribution in [2.45, 2.75) is 41.0 Å². The third-order valence-electron chi connectivity index (χ3n) is 5.69. The molecule has 4 aromatic carbocycles. The van der Waals surface area contributed by atoms with Crippen LogP contribution in [0.4, 0.5) is 0 Å². The maximum atomic E-state index is 11.9. The number of carbonyl (C=O) groups excluding carboxylic acids is 3. The first kappa shape index (κ1) is 43.9. The van der Waals surface area contributed by atoms with Crippen LogP contribution in [-0.4, -0.2) is 46.8 Å². The first-order valence-electron chi connectivity index (χ1n) is 14.0. The Labute approximate surface area is 294 Å². The molecule has 0 heterocycles. The summed E-state index contributed by atoms with van der Waals surface area (Å²) >= 11 is 0. The molecule has 0 radical (unpaired) electrons. The minimum absolute atomic E-state index is 0. The number of hydrogen-bond acceptors (Lipinski definition) is 8. The summed E-state index contributed by atoms with van der Waals surface area (Å²) in [6, 6.07) is 27.1. The van der Waals surface area contributed by atoms with Crippen LogP contribution in [0.15, 0.2) is 103 Å². The van der Waals surface area contributed by atoms with Crippen LogP contribution < -0.4 is 39.0 Å². The van der Waals surface area contributed by atoms with E-state index in [0.717, 1.165) is 42.8 Å². The molecule has 0 aromatic heterocycles. The van der Waals surface area contributed by atoms with Crippen molar-refractivity contribution in [3.63, 3.8) is 0 Å². The van der Waals surface area contributed by atoms with E-state index in [1.54, 1.807) is 54.6 Å². The van der Waals surface area contributed by atoms with E-state index in [2.05, 4.69) is 13.8 Å². The maximum Gasteiger partial charge on any atom is 1.00 e. The number of aromatic hydroxyl groups is 2. The Morgan fingerprint density at radius 1 is 0.652 bits per heavy atom. The SMILES string of the molecule is C.CC(=O)c1ccc(O)cc1.CCCOc1ccc(C=CC(=O)c2ccc(O)cc2)cc1.CCCOc1ccc(C=O)cc1.[Na+].[OH-]. The van der Waals surface area contributed by atoms with Crippen LogP contribution in [0, 0.1) is 0 Å². The fraction of sp³-hybridized carbons (Fsp3) is 0.216. The van der Waals surface area contributed by atoms with Gasteiger partial charge < -0.3 is 25.2 Å². The van der Waals surface area contributed by atoms with E-state index in [1.165, 1.54) is 37.3 Å². The van der Waals surface area contributed by atoms with Gasteiger partial charge in [0.2, 0.25) is 0 Å². The summed E-state index contributed by atoms with van der Waals surface area (Å²) in [5.74, 6) is 1.91. The number of phenols is 2. The van der Waals surface area contributed by atoms with Gasteiger partial charge in [0.25, 0.3) is 0 Å². The van der Waals surface area contributed by atoms with Gasteiger partial charge in [-0.1, -0.05) is 39.5 Å². The summed E-state index contributed by atoms with van der Waals surface area (Å²) in [5, 5.41) is 18.0. The van der Waals surface area contributed by atoms with E-state index >= 15 is 0 Å². The molecular weight excluding hydrogens is 595 g/mol. The van der Waals surface area contributed by atoms with Crippen LogP contribution >= 0.6 is 0 Å². The summed E-state index contributed by atoms with van der Waals surface area (Å²) in [6.07, 6.45) is 6.08. The normalized spacial score (nSPS) is 9.37. The number of rotatable bonds is 11. The van der Waals surface area contributed by atoms with Crippen molar-refractivity contribution >= 4 is 23.9 Å². The summed E-state index contributed by atoms with van der Waals surface area (Å²) in [7, 11) is 0. The number of hydrogen-bond donors (Lipinski definition) is 2. The van der Waals surface area contributed by atoms with Crippen molar-refractivity contribution in [1.29, 1.82) is 0 Å². The smallest absolute Gasteiger partial charge is 0.870 e. The van der Waals surface area contributed by atoms with Gasteiger partial charge in [-0.2, -0.15) is 0 Å². The Morgan fingerprint density at radius 2 is 1.04 bits per heavy atom. The molecule has 0 aliphatic rings. The van der Waals surface area contributed by atoms with Crippen LogP contribution in [0.1, 0.15) is 77.7 Å². The van der Waals surface area contributed by atoms with Crippen LogP contribution in [0.2, 0.25) is 0 Å². The van der Waals surface area contributed by atoms with Gasteiger partial charge in [-0.05, 0) is 116 Å². The van der Waals surface area contributed by atoms with Gasteiger partial charge in [0.05, 0.1) is 13.2 Å². The van der Waals surface area contributed by atoms with Gasteiger partial charge in [0.1, 0.15) is 29.3 Å². The Kier molecular flexibility index (Phi) is 23.9. The monoisotopic (exact) mass is 638 g/mol. The second kappa shape index (κ2) is 25.0. The third-order valence-corrected chi connectivity index (χ3v) is 5.69. The summed E-state index contributed by atoms with van der Waals surface area (Å²) in [6.45, 7) is 7.03. The molecule has 46 heavy (non-hydrogen) atoms. The van der Waals surface area contributed by atoms with E-state index in [4.69, 9.17) is 14.6 Å². The molecule has 0 saturated carbocycles. The molecule has 0 bridgehead atoms. The van der Waals surface area contributed by atoms with Crippen molar-refractivity contribution in [3.05, 3.63) is 125 Å².